The second kappa shape index (κ2) is 6.32. The number of methoxy groups -OCH3 is 1. The van der Waals surface area contributed by atoms with E-state index in [-0.39, 0.29) is 17.6 Å². The molecule has 0 amide bonds. The number of carbonyl (C=O) groups excluding carboxylic acids is 2. The van der Waals surface area contributed by atoms with Crippen molar-refractivity contribution in [1.29, 1.82) is 0 Å². The SMILES string of the molecule is COC(=O)C1=C(C)N=C2CCCC(=O)C2[C@H]1c1cc(Br)c(C)s1. The lowest BCUT2D eigenvalue weighted by Gasteiger charge is -2.34. The summed E-state index contributed by atoms with van der Waals surface area (Å²) >= 11 is 5.15. The summed E-state index contributed by atoms with van der Waals surface area (Å²) in [6.07, 6.45) is 2.22. The van der Waals surface area contributed by atoms with E-state index in [1.807, 2.05) is 19.9 Å². The molecule has 6 heteroatoms. The molecule has 23 heavy (non-hydrogen) atoms. The monoisotopic (exact) mass is 395 g/mol. The Balaban J connectivity index is 2.19. The molecule has 0 radical (unpaired) electrons. The third-order valence-electron chi connectivity index (χ3n) is 4.50. The van der Waals surface area contributed by atoms with Crippen LogP contribution < -0.4 is 0 Å². The number of carbonyl (C=O) groups is 2. The number of aliphatic imine (C=N–C) groups is 1. The third-order valence-corrected chi connectivity index (χ3v) is 6.72. The first-order valence-corrected chi connectivity index (χ1v) is 9.20. The Bertz CT molecular complexity index is 728. The average molecular weight is 396 g/mol. The summed E-state index contributed by atoms with van der Waals surface area (Å²) in [7, 11) is 1.37. The van der Waals surface area contributed by atoms with E-state index in [9.17, 15) is 9.59 Å². The maximum absolute atomic E-state index is 12.6. The first-order valence-electron chi connectivity index (χ1n) is 7.59. The Labute approximate surface area is 147 Å². The van der Waals surface area contributed by atoms with Crippen molar-refractivity contribution in [3.8, 4) is 0 Å². The summed E-state index contributed by atoms with van der Waals surface area (Å²) in [5.41, 5.74) is 2.11. The van der Waals surface area contributed by atoms with Crippen LogP contribution in [0.2, 0.25) is 0 Å². The Kier molecular flexibility index (Phi) is 4.56. The fraction of sp³-hybridized carbons (Fsp3) is 0.471. The van der Waals surface area contributed by atoms with Crippen LogP contribution in [0.4, 0.5) is 0 Å². The molecule has 1 saturated carbocycles. The van der Waals surface area contributed by atoms with Gasteiger partial charge in [-0.05, 0) is 48.7 Å². The smallest absolute Gasteiger partial charge is 0.336 e. The second-order valence-electron chi connectivity index (χ2n) is 5.92. The van der Waals surface area contributed by atoms with Crippen molar-refractivity contribution in [2.45, 2.75) is 39.0 Å². The zero-order valence-electron chi connectivity index (χ0n) is 13.3. The molecule has 0 aromatic carbocycles. The van der Waals surface area contributed by atoms with Crippen LogP contribution in [-0.4, -0.2) is 24.6 Å². The third kappa shape index (κ3) is 2.83. The lowest BCUT2D eigenvalue weighted by atomic mass is 9.71. The molecule has 1 aromatic heterocycles. The lowest BCUT2D eigenvalue weighted by Crippen LogP contribution is -2.38. The van der Waals surface area contributed by atoms with E-state index in [1.165, 1.54) is 7.11 Å². The molecule has 122 valence electrons. The highest BCUT2D eigenvalue weighted by Gasteiger charge is 2.44. The van der Waals surface area contributed by atoms with E-state index >= 15 is 0 Å². The van der Waals surface area contributed by atoms with Crippen LogP contribution in [0.5, 0.6) is 0 Å². The molecule has 2 atom stereocenters. The van der Waals surface area contributed by atoms with Crippen LogP contribution >= 0.6 is 27.3 Å². The fourth-order valence-corrected chi connectivity index (χ4v) is 5.15. The zero-order chi connectivity index (χ0) is 16.7. The Morgan fingerprint density at radius 3 is 2.70 bits per heavy atom. The molecule has 1 unspecified atom stereocenters. The summed E-state index contributed by atoms with van der Waals surface area (Å²) in [6, 6.07) is 2.02. The molecule has 2 heterocycles. The first-order chi connectivity index (χ1) is 10.9. The standard InChI is InChI=1S/C17H18BrNO3S/c1-8-14(17(21)22-3)16(13-7-10(18)9(2)23-13)15-11(19-8)5-4-6-12(15)20/h7,15-16H,4-6H2,1-3H3/t15?,16-/m0/s1. The quantitative estimate of drug-likeness (QED) is 0.705. The molecule has 1 aliphatic carbocycles. The van der Waals surface area contributed by atoms with Gasteiger partial charge in [0, 0.05) is 38.0 Å². The molecular formula is C17H18BrNO3S. The number of ether oxygens (including phenoxy) is 1. The second-order valence-corrected chi connectivity index (χ2v) is 8.06. The number of Topliss-reactive ketones (excluding diaryl/α,β-unsaturated/α-hetero) is 1. The Morgan fingerprint density at radius 1 is 1.35 bits per heavy atom. The number of hydrogen-bond acceptors (Lipinski definition) is 5. The topological polar surface area (TPSA) is 55.7 Å². The molecule has 3 rings (SSSR count). The summed E-state index contributed by atoms with van der Waals surface area (Å²) in [5.74, 6) is -0.823. The molecule has 1 aromatic rings. The minimum absolute atomic E-state index is 0.177. The van der Waals surface area contributed by atoms with Gasteiger partial charge in [0.05, 0.1) is 18.6 Å². The van der Waals surface area contributed by atoms with Gasteiger partial charge in [0.25, 0.3) is 0 Å². The van der Waals surface area contributed by atoms with E-state index in [2.05, 4.69) is 20.9 Å². The van der Waals surface area contributed by atoms with Gasteiger partial charge >= 0.3 is 5.97 Å². The average Bonchev–Trinajstić information content (AvgIpc) is 2.84. The molecule has 4 nitrogen and oxygen atoms in total. The summed E-state index contributed by atoms with van der Waals surface area (Å²) < 4.78 is 5.99. The van der Waals surface area contributed by atoms with Crippen molar-refractivity contribution in [3.05, 3.63) is 31.6 Å². The summed E-state index contributed by atoms with van der Waals surface area (Å²) in [4.78, 5) is 31.7. The van der Waals surface area contributed by atoms with Crippen molar-refractivity contribution >= 4 is 44.7 Å². The van der Waals surface area contributed by atoms with Gasteiger partial charge < -0.3 is 4.74 Å². The first kappa shape index (κ1) is 16.6. The molecule has 0 bridgehead atoms. The number of thiophene rings is 1. The molecule has 0 N–H and O–H groups in total. The van der Waals surface area contributed by atoms with Crippen molar-refractivity contribution in [3.63, 3.8) is 0 Å². The highest BCUT2D eigenvalue weighted by atomic mass is 79.9. The van der Waals surface area contributed by atoms with Gasteiger partial charge in [-0.1, -0.05) is 0 Å². The maximum Gasteiger partial charge on any atom is 0.336 e. The van der Waals surface area contributed by atoms with Crippen LogP contribution in [0.3, 0.4) is 0 Å². The van der Waals surface area contributed by atoms with Gasteiger partial charge in [0.2, 0.25) is 0 Å². The van der Waals surface area contributed by atoms with Crippen LogP contribution in [0.15, 0.2) is 26.8 Å². The van der Waals surface area contributed by atoms with Crippen molar-refractivity contribution in [1.82, 2.24) is 0 Å². The minimum atomic E-state index is -0.393. The van der Waals surface area contributed by atoms with Crippen molar-refractivity contribution in [2.75, 3.05) is 7.11 Å². The van der Waals surface area contributed by atoms with Crippen LogP contribution in [0, 0.1) is 12.8 Å². The molecule has 0 saturated heterocycles. The normalized spacial score (nSPS) is 24.3. The van der Waals surface area contributed by atoms with Gasteiger partial charge in [0.15, 0.2) is 0 Å². The van der Waals surface area contributed by atoms with Gasteiger partial charge in [-0.25, -0.2) is 4.79 Å². The van der Waals surface area contributed by atoms with E-state index in [4.69, 9.17) is 4.74 Å². The Morgan fingerprint density at radius 2 is 2.09 bits per heavy atom. The van der Waals surface area contributed by atoms with Crippen LogP contribution in [0.1, 0.15) is 41.9 Å². The van der Waals surface area contributed by atoms with E-state index in [0.29, 0.717) is 17.7 Å². The van der Waals surface area contributed by atoms with Crippen LogP contribution in [-0.2, 0) is 14.3 Å². The van der Waals surface area contributed by atoms with E-state index < -0.39 is 5.97 Å². The predicted molar refractivity (Wildman–Crippen MR) is 94.0 cm³/mol. The molecular weight excluding hydrogens is 378 g/mol. The minimum Gasteiger partial charge on any atom is -0.466 e. The van der Waals surface area contributed by atoms with Crippen molar-refractivity contribution < 1.29 is 14.3 Å². The molecule has 1 aliphatic heterocycles. The molecule has 1 fully saturated rings. The number of hydrogen-bond donors (Lipinski definition) is 0. The number of nitrogens with zero attached hydrogens (tertiary/aromatic N) is 1. The van der Waals surface area contributed by atoms with Gasteiger partial charge in [0.1, 0.15) is 5.78 Å². The van der Waals surface area contributed by atoms with E-state index in [1.54, 1.807) is 11.3 Å². The summed E-state index contributed by atoms with van der Waals surface area (Å²) in [6.45, 7) is 3.85. The largest absolute Gasteiger partial charge is 0.466 e. The number of allylic oxidation sites excluding steroid dienone is 1. The van der Waals surface area contributed by atoms with Crippen molar-refractivity contribution in [2.24, 2.45) is 10.9 Å². The number of ketones is 1. The van der Waals surface area contributed by atoms with Gasteiger partial charge in [-0.2, -0.15) is 0 Å². The number of esters is 1. The fourth-order valence-electron chi connectivity index (χ4n) is 3.44. The molecule has 0 spiro atoms. The maximum atomic E-state index is 12.6. The highest BCUT2D eigenvalue weighted by Crippen LogP contribution is 2.46. The number of rotatable bonds is 2. The Hall–Kier alpha value is -1.27. The van der Waals surface area contributed by atoms with E-state index in [0.717, 1.165) is 32.8 Å². The number of aryl methyl sites for hydroxylation is 1. The molecule has 2 aliphatic rings. The zero-order valence-corrected chi connectivity index (χ0v) is 15.7. The van der Waals surface area contributed by atoms with Crippen LogP contribution in [0.25, 0.3) is 0 Å². The number of halogens is 1. The number of fused-ring (bicyclic) bond motifs is 1. The van der Waals surface area contributed by atoms with Gasteiger partial charge in [-0.15, -0.1) is 11.3 Å². The highest BCUT2D eigenvalue weighted by molar-refractivity contribution is 9.10. The predicted octanol–water partition coefficient (Wildman–Crippen LogP) is 4.17. The van der Waals surface area contributed by atoms with Gasteiger partial charge in [-0.3, -0.25) is 9.79 Å². The summed E-state index contributed by atoms with van der Waals surface area (Å²) in [5, 5.41) is 0. The lowest BCUT2D eigenvalue weighted by molar-refractivity contribution is -0.136.